The van der Waals surface area contributed by atoms with Crippen LogP contribution in [0.25, 0.3) is 0 Å². The average Bonchev–Trinajstić information content (AvgIpc) is 2.09. The summed E-state index contributed by atoms with van der Waals surface area (Å²) in [5.74, 6) is 0. The third-order valence-electron chi connectivity index (χ3n) is 3.36. The van der Waals surface area contributed by atoms with E-state index in [2.05, 4.69) is 20.8 Å². The summed E-state index contributed by atoms with van der Waals surface area (Å²) < 4.78 is 0. The first-order valence-corrected chi connectivity index (χ1v) is 5.66. The largest absolute Gasteiger partial charge is 0.391 e. The molecule has 0 amide bonds. The molecule has 0 aliphatic carbocycles. The number of aliphatic hydroxyl groups is 1. The van der Waals surface area contributed by atoms with Crippen LogP contribution < -0.4 is 0 Å². The van der Waals surface area contributed by atoms with Crippen LogP contribution in [0.4, 0.5) is 0 Å². The Morgan fingerprint density at radius 3 is 2.00 bits per heavy atom. The second kappa shape index (κ2) is 3.44. The van der Waals surface area contributed by atoms with Crippen molar-refractivity contribution >= 4 is 0 Å². The molecule has 0 spiro atoms. The molecule has 2 atom stereocenters. The quantitative estimate of drug-likeness (QED) is 0.706. The summed E-state index contributed by atoms with van der Waals surface area (Å²) in [7, 11) is 0. The monoisotopic (exact) mass is 215 g/mol. The van der Waals surface area contributed by atoms with Gasteiger partial charge in [-0.05, 0) is 39.0 Å². The first kappa shape index (κ1) is 12.9. The fourth-order valence-electron chi connectivity index (χ4n) is 2.88. The average molecular weight is 215 g/mol. The zero-order valence-corrected chi connectivity index (χ0v) is 10.8. The lowest BCUT2D eigenvalue weighted by Gasteiger charge is -2.41. The van der Waals surface area contributed by atoms with Gasteiger partial charge in [-0.3, -0.25) is 0 Å². The van der Waals surface area contributed by atoms with Gasteiger partial charge in [0, 0.05) is 5.54 Å². The third-order valence-corrected chi connectivity index (χ3v) is 3.36. The Morgan fingerprint density at radius 1 is 1.27 bits per heavy atom. The van der Waals surface area contributed by atoms with E-state index in [1.807, 2.05) is 20.8 Å². The number of hydroxylamine groups is 2. The van der Waals surface area contributed by atoms with E-state index < -0.39 is 11.6 Å². The van der Waals surface area contributed by atoms with Crippen molar-refractivity contribution in [3.8, 4) is 0 Å². The molecule has 1 aliphatic rings. The van der Waals surface area contributed by atoms with Crippen molar-refractivity contribution in [3.05, 3.63) is 0 Å². The molecule has 0 aromatic rings. The van der Waals surface area contributed by atoms with Crippen molar-refractivity contribution < 1.29 is 10.3 Å². The molecule has 2 N–H and O–H groups in total. The summed E-state index contributed by atoms with van der Waals surface area (Å²) in [4.78, 5) is 0. The van der Waals surface area contributed by atoms with Gasteiger partial charge in [-0.1, -0.05) is 20.8 Å². The Hall–Kier alpha value is -0.120. The number of aliphatic hydroxyl groups excluding tert-OH is 1. The molecule has 1 rings (SSSR count). The summed E-state index contributed by atoms with van der Waals surface area (Å²) in [5, 5.41) is 21.7. The molecule has 0 saturated carbocycles. The molecule has 1 aliphatic heterocycles. The SMILES string of the molecule is CC(C)(C)CC1(C)C(O)CC(C)(C)N1O. The Balaban J connectivity index is 2.93. The van der Waals surface area contributed by atoms with E-state index in [4.69, 9.17) is 0 Å². The maximum atomic E-state index is 10.2. The zero-order valence-electron chi connectivity index (χ0n) is 10.8. The van der Waals surface area contributed by atoms with E-state index in [9.17, 15) is 10.3 Å². The van der Waals surface area contributed by atoms with Crippen LogP contribution in [0.2, 0.25) is 0 Å². The van der Waals surface area contributed by atoms with Crippen LogP contribution in [0.3, 0.4) is 0 Å². The van der Waals surface area contributed by atoms with Crippen LogP contribution in [0, 0.1) is 5.41 Å². The first-order chi connectivity index (χ1) is 6.49. The highest BCUT2D eigenvalue weighted by Crippen LogP contribution is 2.45. The Kier molecular flexibility index (Phi) is 2.97. The maximum absolute atomic E-state index is 10.2. The topological polar surface area (TPSA) is 43.7 Å². The van der Waals surface area contributed by atoms with E-state index in [-0.39, 0.29) is 11.0 Å². The van der Waals surface area contributed by atoms with Gasteiger partial charge in [-0.2, -0.15) is 5.06 Å². The van der Waals surface area contributed by atoms with Crippen LogP contribution in [-0.2, 0) is 0 Å². The molecule has 0 aromatic heterocycles. The van der Waals surface area contributed by atoms with Crippen molar-refractivity contribution in [1.82, 2.24) is 5.06 Å². The fourth-order valence-corrected chi connectivity index (χ4v) is 2.88. The summed E-state index contributed by atoms with van der Waals surface area (Å²) in [6.45, 7) is 12.3. The third kappa shape index (κ3) is 2.35. The summed E-state index contributed by atoms with van der Waals surface area (Å²) in [6, 6.07) is 0. The maximum Gasteiger partial charge on any atom is 0.0762 e. The molecule has 1 fully saturated rings. The molecule has 0 radical (unpaired) electrons. The van der Waals surface area contributed by atoms with Gasteiger partial charge in [0.1, 0.15) is 0 Å². The summed E-state index contributed by atoms with van der Waals surface area (Å²) >= 11 is 0. The van der Waals surface area contributed by atoms with Crippen molar-refractivity contribution in [2.24, 2.45) is 5.41 Å². The summed E-state index contributed by atoms with van der Waals surface area (Å²) in [5.41, 5.74) is -0.766. The molecule has 3 nitrogen and oxygen atoms in total. The van der Waals surface area contributed by atoms with Crippen molar-refractivity contribution in [2.45, 2.75) is 71.6 Å². The molecular formula is C12H25NO2. The standard InChI is InChI=1S/C12H25NO2/c1-10(2,3)8-12(6)9(14)7-11(4,5)13(12)15/h9,14-15H,7-8H2,1-6H3. The normalized spacial score (nSPS) is 37.2. The van der Waals surface area contributed by atoms with Crippen molar-refractivity contribution in [1.29, 1.82) is 0 Å². The molecule has 1 heterocycles. The molecular weight excluding hydrogens is 190 g/mol. The highest BCUT2D eigenvalue weighted by molar-refractivity contribution is 5.06. The zero-order chi connectivity index (χ0) is 12.1. The van der Waals surface area contributed by atoms with Crippen LogP contribution in [-0.4, -0.2) is 32.6 Å². The van der Waals surface area contributed by atoms with Gasteiger partial charge >= 0.3 is 0 Å². The molecule has 1 saturated heterocycles. The molecule has 15 heavy (non-hydrogen) atoms. The van der Waals surface area contributed by atoms with E-state index in [1.165, 1.54) is 5.06 Å². The lowest BCUT2D eigenvalue weighted by atomic mass is 9.78. The Morgan fingerprint density at radius 2 is 1.73 bits per heavy atom. The van der Waals surface area contributed by atoms with E-state index in [0.717, 1.165) is 6.42 Å². The van der Waals surface area contributed by atoms with Crippen LogP contribution in [0.5, 0.6) is 0 Å². The predicted octanol–water partition coefficient (Wildman–Crippen LogP) is 2.42. The smallest absolute Gasteiger partial charge is 0.0762 e. The lowest BCUT2D eigenvalue weighted by molar-refractivity contribution is -0.214. The predicted molar refractivity (Wildman–Crippen MR) is 60.8 cm³/mol. The highest BCUT2D eigenvalue weighted by Gasteiger charge is 2.54. The minimum Gasteiger partial charge on any atom is -0.391 e. The van der Waals surface area contributed by atoms with E-state index in [0.29, 0.717) is 6.42 Å². The van der Waals surface area contributed by atoms with Gasteiger partial charge < -0.3 is 10.3 Å². The number of rotatable bonds is 1. The molecule has 0 aromatic carbocycles. The van der Waals surface area contributed by atoms with Crippen molar-refractivity contribution in [3.63, 3.8) is 0 Å². The number of hydrogen-bond acceptors (Lipinski definition) is 3. The molecule has 90 valence electrons. The van der Waals surface area contributed by atoms with Crippen LogP contribution in [0.1, 0.15) is 54.4 Å². The van der Waals surface area contributed by atoms with Gasteiger partial charge in [0.05, 0.1) is 11.6 Å². The van der Waals surface area contributed by atoms with Gasteiger partial charge in [0.25, 0.3) is 0 Å². The van der Waals surface area contributed by atoms with Crippen LogP contribution >= 0.6 is 0 Å². The summed E-state index contributed by atoms with van der Waals surface area (Å²) in [6.07, 6.45) is 0.939. The second-order valence-corrected chi connectivity index (χ2v) is 6.94. The van der Waals surface area contributed by atoms with Gasteiger partial charge in [0.15, 0.2) is 0 Å². The second-order valence-electron chi connectivity index (χ2n) is 6.94. The minimum absolute atomic E-state index is 0.0944. The van der Waals surface area contributed by atoms with E-state index >= 15 is 0 Å². The lowest BCUT2D eigenvalue weighted by Crippen LogP contribution is -2.52. The Bertz CT molecular complexity index is 244. The molecule has 2 unspecified atom stereocenters. The number of nitrogens with zero attached hydrogens (tertiary/aromatic N) is 1. The highest BCUT2D eigenvalue weighted by atomic mass is 16.5. The molecule has 3 heteroatoms. The van der Waals surface area contributed by atoms with E-state index in [1.54, 1.807) is 0 Å². The van der Waals surface area contributed by atoms with Gasteiger partial charge in [0.2, 0.25) is 0 Å². The Labute approximate surface area is 93.1 Å². The fraction of sp³-hybridized carbons (Fsp3) is 1.00. The number of hydrogen-bond donors (Lipinski definition) is 2. The first-order valence-electron chi connectivity index (χ1n) is 5.66. The van der Waals surface area contributed by atoms with Crippen molar-refractivity contribution in [2.75, 3.05) is 0 Å². The van der Waals surface area contributed by atoms with Crippen LogP contribution in [0.15, 0.2) is 0 Å². The van der Waals surface area contributed by atoms with Gasteiger partial charge in [-0.25, -0.2) is 0 Å². The minimum atomic E-state index is -0.526. The molecule has 0 bridgehead atoms. The van der Waals surface area contributed by atoms with Gasteiger partial charge in [-0.15, -0.1) is 0 Å².